The van der Waals surface area contributed by atoms with Gasteiger partial charge in [-0.05, 0) is 23.8 Å². The van der Waals surface area contributed by atoms with Crippen molar-refractivity contribution in [1.82, 2.24) is 9.13 Å². The van der Waals surface area contributed by atoms with E-state index in [-0.39, 0.29) is 17.5 Å². The Kier molecular flexibility index (Phi) is 4.43. The lowest BCUT2D eigenvalue weighted by Crippen LogP contribution is -2.22. The second-order valence-electron chi connectivity index (χ2n) is 5.65. The molecule has 0 aliphatic rings. The van der Waals surface area contributed by atoms with Gasteiger partial charge in [0.05, 0.1) is 11.4 Å². The van der Waals surface area contributed by atoms with Gasteiger partial charge in [-0.3, -0.25) is 4.57 Å². The van der Waals surface area contributed by atoms with E-state index in [0.29, 0.717) is 21.4 Å². The first kappa shape index (κ1) is 16.7. The number of hydrogen-bond donors (Lipinski definition) is 1. The lowest BCUT2D eigenvalue weighted by atomic mass is 9.98. The minimum absolute atomic E-state index is 0.114. The Bertz CT molecular complexity index is 925. The molecule has 24 heavy (non-hydrogen) atoms. The van der Waals surface area contributed by atoms with Gasteiger partial charge in [0, 0.05) is 23.0 Å². The Morgan fingerprint density at radius 2 is 1.62 bits per heavy atom. The molecule has 0 radical (unpaired) electrons. The zero-order valence-electron chi connectivity index (χ0n) is 13.2. The van der Waals surface area contributed by atoms with Gasteiger partial charge in [0.15, 0.2) is 0 Å². The van der Waals surface area contributed by atoms with Crippen molar-refractivity contribution in [2.24, 2.45) is 7.05 Å². The molecule has 0 spiro atoms. The van der Waals surface area contributed by atoms with Gasteiger partial charge in [-0.25, -0.2) is 9.36 Å². The predicted molar refractivity (Wildman–Crippen MR) is 96.7 cm³/mol. The number of imidazole rings is 1. The maximum Gasteiger partial charge on any atom is 0.335 e. The maximum absolute atomic E-state index is 12.6. The number of benzene rings is 2. The molecule has 1 N–H and O–H groups in total. The fourth-order valence-corrected chi connectivity index (χ4v) is 3.41. The van der Waals surface area contributed by atoms with E-state index in [1.807, 2.05) is 37.3 Å². The summed E-state index contributed by atoms with van der Waals surface area (Å²) in [7, 11) is 1.64. The zero-order chi connectivity index (χ0) is 17.4. The van der Waals surface area contributed by atoms with E-state index in [1.165, 1.54) is 9.13 Å². The van der Waals surface area contributed by atoms with Crippen LogP contribution in [0.1, 0.15) is 24.1 Å². The maximum atomic E-state index is 12.6. The molecular formula is C18H16Cl2N2O2. The topological polar surface area (TPSA) is 47.2 Å². The molecule has 0 fully saturated rings. The summed E-state index contributed by atoms with van der Waals surface area (Å²) >= 11 is 12.0. The first-order valence-corrected chi connectivity index (χ1v) is 8.17. The van der Waals surface area contributed by atoms with Crippen LogP contribution < -0.4 is 5.69 Å². The van der Waals surface area contributed by atoms with E-state index >= 15 is 0 Å². The first-order valence-electron chi connectivity index (χ1n) is 7.42. The van der Waals surface area contributed by atoms with Crippen LogP contribution in [0.4, 0.5) is 0 Å². The minimum atomic E-state index is -0.358. The number of hydrogen-bond acceptors (Lipinski definition) is 2. The Hall–Kier alpha value is -2.17. The third kappa shape index (κ3) is 2.83. The van der Waals surface area contributed by atoms with Crippen LogP contribution in [0.25, 0.3) is 5.69 Å². The van der Waals surface area contributed by atoms with Crippen LogP contribution in [0.5, 0.6) is 5.88 Å². The minimum Gasteiger partial charge on any atom is -0.493 e. The van der Waals surface area contributed by atoms with Crippen LogP contribution in [0.3, 0.4) is 0 Å². The predicted octanol–water partition coefficient (Wildman–Crippen LogP) is 4.34. The normalized spacial score (nSPS) is 12.3. The number of rotatable bonds is 3. The van der Waals surface area contributed by atoms with Gasteiger partial charge in [-0.2, -0.15) is 0 Å². The third-order valence-corrected chi connectivity index (χ3v) is 4.53. The van der Waals surface area contributed by atoms with Gasteiger partial charge < -0.3 is 5.11 Å². The van der Waals surface area contributed by atoms with Crippen molar-refractivity contribution < 1.29 is 5.11 Å². The molecule has 0 aliphatic heterocycles. The lowest BCUT2D eigenvalue weighted by molar-refractivity contribution is 0.431. The average molecular weight is 363 g/mol. The molecule has 1 atom stereocenters. The number of aromatic nitrogens is 2. The molecule has 0 unspecified atom stereocenters. The summed E-state index contributed by atoms with van der Waals surface area (Å²) in [5.74, 6) is -0.267. The summed E-state index contributed by atoms with van der Waals surface area (Å²) in [6.45, 7) is 1.94. The van der Waals surface area contributed by atoms with Crippen LogP contribution in [0.2, 0.25) is 10.0 Å². The molecule has 0 aliphatic carbocycles. The summed E-state index contributed by atoms with van der Waals surface area (Å²) in [5.41, 5.74) is 1.60. The molecule has 0 saturated carbocycles. The van der Waals surface area contributed by atoms with Crippen LogP contribution in [-0.4, -0.2) is 14.2 Å². The molecule has 1 aromatic heterocycles. The average Bonchev–Trinajstić information content (AvgIpc) is 2.76. The molecular weight excluding hydrogens is 347 g/mol. The molecule has 1 heterocycles. The second-order valence-corrected chi connectivity index (χ2v) is 6.52. The Balaban J connectivity index is 2.20. The fraction of sp³-hybridized carbons (Fsp3) is 0.167. The number of nitrogens with zero attached hydrogens (tertiary/aromatic N) is 2. The molecule has 124 valence electrons. The Labute approximate surface area is 149 Å². The monoisotopic (exact) mass is 362 g/mol. The van der Waals surface area contributed by atoms with E-state index in [4.69, 9.17) is 23.2 Å². The van der Waals surface area contributed by atoms with Gasteiger partial charge in [-0.1, -0.05) is 60.5 Å². The molecule has 4 nitrogen and oxygen atoms in total. The number of aromatic hydroxyl groups is 1. The molecule has 3 rings (SSSR count). The van der Waals surface area contributed by atoms with Gasteiger partial charge in [0.2, 0.25) is 5.88 Å². The highest BCUT2D eigenvalue weighted by atomic mass is 35.5. The third-order valence-electron chi connectivity index (χ3n) is 4.10. The van der Waals surface area contributed by atoms with Crippen LogP contribution >= 0.6 is 23.2 Å². The summed E-state index contributed by atoms with van der Waals surface area (Å²) in [6.07, 6.45) is 0. The Morgan fingerprint density at radius 3 is 2.21 bits per heavy atom. The quantitative estimate of drug-likeness (QED) is 0.753. The van der Waals surface area contributed by atoms with Crippen molar-refractivity contribution in [1.29, 1.82) is 0 Å². The highest BCUT2D eigenvalue weighted by molar-refractivity contribution is 6.34. The van der Waals surface area contributed by atoms with Gasteiger partial charge in [0.25, 0.3) is 0 Å². The van der Waals surface area contributed by atoms with E-state index < -0.39 is 0 Å². The fourth-order valence-electron chi connectivity index (χ4n) is 2.89. The van der Waals surface area contributed by atoms with Crippen LogP contribution in [0.15, 0.2) is 53.3 Å². The van der Waals surface area contributed by atoms with E-state index in [9.17, 15) is 9.90 Å². The van der Waals surface area contributed by atoms with Gasteiger partial charge in [0.1, 0.15) is 0 Å². The molecule has 0 bridgehead atoms. The van der Waals surface area contributed by atoms with Crippen molar-refractivity contribution in [3.05, 3.63) is 80.3 Å². The van der Waals surface area contributed by atoms with Gasteiger partial charge >= 0.3 is 5.69 Å². The van der Waals surface area contributed by atoms with Crippen LogP contribution in [0, 0.1) is 0 Å². The molecule has 2 aromatic carbocycles. The van der Waals surface area contributed by atoms with Crippen molar-refractivity contribution in [2.45, 2.75) is 12.8 Å². The van der Waals surface area contributed by atoms with Crippen LogP contribution in [-0.2, 0) is 7.05 Å². The van der Waals surface area contributed by atoms with E-state index in [0.717, 1.165) is 5.56 Å². The SMILES string of the molecule is C[C@H](c1ccccc1)c1c(O)n(-c2cc(Cl)cc(Cl)c2)c(=O)n1C. The largest absolute Gasteiger partial charge is 0.493 e. The van der Waals surface area contributed by atoms with Crippen molar-refractivity contribution in [2.75, 3.05) is 0 Å². The highest BCUT2D eigenvalue weighted by Crippen LogP contribution is 2.32. The lowest BCUT2D eigenvalue weighted by Gasteiger charge is -2.13. The molecule has 0 saturated heterocycles. The Morgan fingerprint density at radius 1 is 1.04 bits per heavy atom. The number of halogens is 2. The standard InChI is InChI=1S/C18H16Cl2N2O2/c1-11(12-6-4-3-5-7-12)16-17(23)22(18(24)21(16)2)15-9-13(19)8-14(20)10-15/h3-11,23H,1-2H3/t11-/m1/s1. The summed E-state index contributed by atoms with van der Waals surface area (Å²) < 4.78 is 2.66. The summed E-state index contributed by atoms with van der Waals surface area (Å²) in [4.78, 5) is 12.6. The zero-order valence-corrected chi connectivity index (χ0v) is 14.7. The molecule has 6 heteroatoms. The van der Waals surface area contributed by atoms with Crippen molar-refractivity contribution in [3.63, 3.8) is 0 Å². The van der Waals surface area contributed by atoms with E-state index in [2.05, 4.69) is 0 Å². The highest BCUT2D eigenvalue weighted by Gasteiger charge is 2.24. The van der Waals surface area contributed by atoms with Crippen molar-refractivity contribution in [3.8, 4) is 11.6 Å². The summed E-state index contributed by atoms with van der Waals surface area (Å²) in [5, 5.41) is 11.5. The summed E-state index contributed by atoms with van der Waals surface area (Å²) in [6, 6.07) is 14.4. The molecule has 0 amide bonds. The van der Waals surface area contributed by atoms with Gasteiger partial charge in [-0.15, -0.1) is 0 Å². The smallest absolute Gasteiger partial charge is 0.335 e. The van der Waals surface area contributed by atoms with Crippen molar-refractivity contribution >= 4 is 23.2 Å². The first-order chi connectivity index (χ1) is 11.4. The van der Waals surface area contributed by atoms with E-state index in [1.54, 1.807) is 25.2 Å². The molecule has 3 aromatic rings. The second kappa shape index (κ2) is 6.38.